The van der Waals surface area contributed by atoms with E-state index in [0.29, 0.717) is 0 Å². The molecule has 4 rings (SSSR count). The number of rotatable bonds is 3. The van der Waals surface area contributed by atoms with E-state index in [4.69, 9.17) is 0 Å². The minimum absolute atomic E-state index is 0.00818. The number of amides is 1. The van der Waals surface area contributed by atoms with Crippen molar-refractivity contribution < 1.29 is 9.18 Å². The van der Waals surface area contributed by atoms with Gasteiger partial charge in [0.05, 0.1) is 6.42 Å². The highest BCUT2D eigenvalue weighted by molar-refractivity contribution is 5.85. The average molecular weight is 322 g/mol. The van der Waals surface area contributed by atoms with E-state index < -0.39 is 0 Å². The molecule has 1 aliphatic carbocycles. The zero-order chi connectivity index (χ0) is 16.5. The molecule has 1 aliphatic rings. The summed E-state index contributed by atoms with van der Waals surface area (Å²) in [5.41, 5.74) is 4.61. The summed E-state index contributed by atoms with van der Waals surface area (Å²) in [6, 6.07) is 14.6. The largest absolute Gasteiger partial charge is 0.358 e. The number of hydrogen-bond donors (Lipinski definition) is 2. The van der Waals surface area contributed by atoms with Crippen LogP contribution in [0.2, 0.25) is 0 Å². The molecular formula is C20H19FN2O. The molecular weight excluding hydrogens is 303 g/mol. The number of carbonyl (C=O) groups is 1. The third kappa shape index (κ3) is 2.92. The summed E-state index contributed by atoms with van der Waals surface area (Å²) in [5, 5.41) is 4.41. The summed E-state index contributed by atoms with van der Waals surface area (Å²) in [7, 11) is 0. The lowest BCUT2D eigenvalue weighted by atomic mass is 9.91. The average Bonchev–Trinajstić information content (AvgIpc) is 2.94. The van der Waals surface area contributed by atoms with Crippen LogP contribution in [0.5, 0.6) is 0 Å². The van der Waals surface area contributed by atoms with Crippen molar-refractivity contribution in [3.63, 3.8) is 0 Å². The Balaban J connectivity index is 1.43. The molecule has 1 heterocycles. The van der Waals surface area contributed by atoms with Crippen molar-refractivity contribution in [2.45, 2.75) is 31.7 Å². The van der Waals surface area contributed by atoms with Gasteiger partial charge in [0.25, 0.3) is 0 Å². The fourth-order valence-electron chi connectivity index (χ4n) is 3.57. The minimum atomic E-state index is -0.280. The monoisotopic (exact) mass is 322 g/mol. The van der Waals surface area contributed by atoms with E-state index >= 15 is 0 Å². The second kappa shape index (κ2) is 6.11. The lowest BCUT2D eigenvalue weighted by Crippen LogP contribution is -2.39. The van der Waals surface area contributed by atoms with Crippen LogP contribution in [-0.4, -0.2) is 16.9 Å². The van der Waals surface area contributed by atoms with E-state index in [-0.39, 0.29) is 24.2 Å². The van der Waals surface area contributed by atoms with E-state index in [9.17, 15) is 9.18 Å². The van der Waals surface area contributed by atoms with Crippen molar-refractivity contribution in [3.8, 4) is 0 Å². The van der Waals surface area contributed by atoms with Crippen LogP contribution >= 0.6 is 0 Å². The molecule has 4 heteroatoms. The summed E-state index contributed by atoms with van der Waals surface area (Å²) in [6.07, 6.45) is 3.04. The van der Waals surface area contributed by atoms with Gasteiger partial charge in [0, 0.05) is 29.1 Å². The smallest absolute Gasteiger partial charge is 0.224 e. The number of fused-ring (bicyclic) bond motifs is 3. The van der Waals surface area contributed by atoms with Gasteiger partial charge in [-0.1, -0.05) is 30.3 Å². The fraction of sp³-hybridized carbons (Fsp3) is 0.250. The molecule has 0 radical (unpaired) electrons. The van der Waals surface area contributed by atoms with Crippen LogP contribution in [0.4, 0.5) is 4.39 Å². The Labute approximate surface area is 139 Å². The maximum Gasteiger partial charge on any atom is 0.224 e. The molecule has 1 amide bonds. The van der Waals surface area contributed by atoms with Crippen molar-refractivity contribution in [1.82, 2.24) is 10.3 Å². The fourth-order valence-corrected chi connectivity index (χ4v) is 3.57. The Morgan fingerprint density at radius 2 is 1.96 bits per heavy atom. The van der Waals surface area contributed by atoms with Crippen LogP contribution in [0.25, 0.3) is 10.9 Å². The topological polar surface area (TPSA) is 44.9 Å². The van der Waals surface area contributed by atoms with Crippen LogP contribution in [0.1, 0.15) is 23.2 Å². The number of hydrogen-bond acceptors (Lipinski definition) is 1. The van der Waals surface area contributed by atoms with Gasteiger partial charge in [-0.15, -0.1) is 0 Å². The van der Waals surface area contributed by atoms with Gasteiger partial charge < -0.3 is 10.3 Å². The van der Waals surface area contributed by atoms with Gasteiger partial charge in [-0.05, 0) is 42.2 Å². The van der Waals surface area contributed by atoms with Gasteiger partial charge in [-0.3, -0.25) is 4.79 Å². The number of aromatic amines is 1. The van der Waals surface area contributed by atoms with Gasteiger partial charge in [0.1, 0.15) is 5.82 Å². The zero-order valence-electron chi connectivity index (χ0n) is 13.3. The Kier molecular flexibility index (Phi) is 3.81. The third-order valence-corrected chi connectivity index (χ3v) is 4.74. The molecule has 3 aromatic rings. The van der Waals surface area contributed by atoms with E-state index in [1.807, 2.05) is 6.07 Å². The van der Waals surface area contributed by atoms with Crippen molar-refractivity contribution in [2.75, 3.05) is 0 Å². The Bertz CT molecular complexity index is 882. The maximum absolute atomic E-state index is 12.9. The molecule has 0 aliphatic heterocycles. The van der Waals surface area contributed by atoms with Gasteiger partial charge in [-0.25, -0.2) is 4.39 Å². The van der Waals surface area contributed by atoms with Gasteiger partial charge in [0.15, 0.2) is 0 Å². The first-order chi connectivity index (χ1) is 11.7. The second-order valence-corrected chi connectivity index (χ2v) is 6.44. The lowest BCUT2D eigenvalue weighted by Gasteiger charge is -2.23. The van der Waals surface area contributed by atoms with Crippen LogP contribution in [0.3, 0.4) is 0 Å². The van der Waals surface area contributed by atoms with Gasteiger partial charge in [0.2, 0.25) is 5.91 Å². The number of carbonyl (C=O) groups excluding carboxylic acids is 1. The third-order valence-electron chi connectivity index (χ3n) is 4.74. The summed E-state index contributed by atoms with van der Waals surface area (Å²) in [4.78, 5) is 15.7. The standard InChI is InChI=1S/C20H19FN2O/c21-14-7-5-13(6-8-14)11-20(24)22-15-9-10-17-16-3-1-2-4-18(16)23-19(17)12-15/h1-8,15,23H,9-12H2,(H,22,24). The summed E-state index contributed by atoms with van der Waals surface area (Å²) < 4.78 is 12.9. The highest BCUT2D eigenvalue weighted by atomic mass is 19.1. The molecule has 0 bridgehead atoms. The summed E-state index contributed by atoms with van der Waals surface area (Å²) >= 11 is 0. The van der Waals surface area contributed by atoms with Gasteiger partial charge in [-0.2, -0.15) is 0 Å². The molecule has 0 saturated carbocycles. The molecule has 0 saturated heterocycles. The van der Waals surface area contributed by atoms with E-state index in [2.05, 4.69) is 28.5 Å². The quantitative estimate of drug-likeness (QED) is 0.761. The number of aryl methyl sites for hydroxylation is 1. The Morgan fingerprint density at radius 3 is 2.79 bits per heavy atom. The molecule has 1 atom stereocenters. The first-order valence-corrected chi connectivity index (χ1v) is 8.31. The number of H-pyrrole nitrogens is 1. The normalized spacial score (nSPS) is 16.8. The number of halogens is 1. The molecule has 1 unspecified atom stereocenters. The van der Waals surface area contributed by atoms with E-state index in [0.717, 1.165) is 24.8 Å². The molecule has 0 fully saturated rings. The Morgan fingerprint density at radius 1 is 1.17 bits per heavy atom. The molecule has 122 valence electrons. The number of para-hydroxylation sites is 1. The summed E-state index contributed by atoms with van der Waals surface area (Å²) in [6.45, 7) is 0. The molecule has 0 spiro atoms. The van der Waals surface area contributed by atoms with Crippen molar-refractivity contribution in [1.29, 1.82) is 0 Å². The highest BCUT2D eigenvalue weighted by Gasteiger charge is 2.23. The number of aromatic nitrogens is 1. The second-order valence-electron chi connectivity index (χ2n) is 6.44. The van der Waals surface area contributed by atoms with Crippen LogP contribution in [0.15, 0.2) is 48.5 Å². The predicted molar refractivity (Wildman–Crippen MR) is 92.4 cm³/mol. The van der Waals surface area contributed by atoms with Crippen LogP contribution < -0.4 is 5.32 Å². The lowest BCUT2D eigenvalue weighted by molar-refractivity contribution is -0.121. The van der Waals surface area contributed by atoms with E-state index in [1.54, 1.807) is 12.1 Å². The molecule has 2 N–H and O–H groups in total. The summed E-state index contributed by atoms with van der Waals surface area (Å²) in [5.74, 6) is -0.288. The van der Waals surface area contributed by atoms with Gasteiger partial charge >= 0.3 is 0 Å². The van der Waals surface area contributed by atoms with Crippen molar-refractivity contribution in [3.05, 3.63) is 71.2 Å². The van der Waals surface area contributed by atoms with E-state index in [1.165, 1.54) is 34.3 Å². The number of nitrogens with one attached hydrogen (secondary N) is 2. The molecule has 1 aromatic heterocycles. The number of benzene rings is 2. The molecule has 24 heavy (non-hydrogen) atoms. The Hall–Kier alpha value is -2.62. The maximum atomic E-state index is 12.9. The van der Waals surface area contributed by atoms with Crippen LogP contribution in [-0.2, 0) is 24.1 Å². The van der Waals surface area contributed by atoms with Crippen molar-refractivity contribution in [2.24, 2.45) is 0 Å². The minimum Gasteiger partial charge on any atom is -0.358 e. The first kappa shape index (κ1) is 14.9. The first-order valence-electron chi connectivity index (χ1n) is 8.31. The highest BCUT2D eigenvalue weighted by Crippen LogP contribution is 2.29. The van der Waals surface area contributed by atoms with Crippen LogP contribution in [0, 0.1) is 5.82 Å². The zero-order valence-corrected chi connectivity index (χ0v) is 13.3. The molecule has 2 aromatic carbocycles. The predicted octanol–water partition coefficient (Wildman–Crippen LogP) is 3.52. The van der Waals surface area contributed by atoms with Crippen molar-refractivity contribution >= 4 is 16.8 Å². The SMILES string of the molecule is O=C(Cc1ccc(F)cc1)NC1CCc2c([nH]c3ccccc23)C1. The molecule has 3 nitrogen and oxygen atoms in total.